The molecule has 0 saturated heterocycles. The summed E-state index contributed by atoms with van der Waals surface area (Å²) in [5.41, 5.74) is 3.78. The van der Waals surface area contributed by atoms with Crippen molar-refractivity contribution < 1.29 is 14.2 Å². The summed E-state index contributed by atoms with van der Waals surface area (Å²) in [5, 5.41) is 0. The second-order valence-corrected chi connectivity index (χ2v) is 6.86. The van der Waals surface area contributed by atoms with Crippen LogP contribution in [0.1, 0.15) is 30.5 Å². The van der Waals surface area contributed by atoms with E-state index in [9.17, 15) is 0 Å². The van der Waals surface area contributed by atoms with Crippen LogP contribution in [0, 0.1) is 18.8 Å². The first kappa shape index (κ1) is 19.2. The van der Waals surface area contributed by atoms with Gasteiger partial charge in [-0.1, -0.05) is 32.0 Å². The Balaban J connectivity index is 2.04. The second-order valence-electron chi connectivity index (χ2n) is 6.86. The summed E-state index contributed by atoms with van der Waals surface area (Å²) in [4.78, 5) is 0. The lowest BCUT2D eigenvalue weighted by Gasteiger charge is -2.21. The van der Waals surface area contributed by atoms with Gasteiger partial charge in [0.05, 0.1) is 21.3 Å². The largest absolute Gasteiger partial charge is 0.496 e. The number of hydrogen-bond donors (Lipinski definition) is 0. The van der Waals surface area contributed by atoms with Gasteiger partial charge in [-0.2, -0.15) is 0 Å². The van der Waals surface area contributed by atoms with Gasteiger partial charge in [-0.3, -0.25) is 0 Å². The average molecular weight is 342 g/mol. The smallest absolute Gasteiger partial charge is 0.160 e. The summed E-state index contributed by atoms with van der Waals surface area (Å²) >= 11 is 0. The predicted molar refractivity (Wildman–Crippen MR) is 103 cm³/mol. The van der Waals surface area contributed by atoms with Crippen molar-refractivity contribution in [2.24, 2.45) is 11.8 Å². The molecular weight excluding hydrogens is 312 g/mol. The highest BCUT2D eigenvalue weighted by atomic mass is 16.5. The number of ether oxygens (including phenoxy) is 3. The molecule has 0 aromatic heterocycles. The average Bonchev–Trinajstić information content (AvgIpc) is 2.62. The maximum atomic E-state index is 5.44. The van der Waals surface area contributed by atoms with E-state index in [1.165, 1.54) is 16.7 Å². The second kappa shape index (κ2) is 8.80. The number of rotatable bonds is 8. The van der Waals surface area contributed by atoms with Gasteiger partial charge in [-0.15, -0.1) is 0 Å². The lowest BCUT2D eigenvalue weighted by atomic mass is 9.85. The quantitative estimate of drug-likeness (QED) is 0.670. The molecular formula is C22H30O3. The predicted octanol–water partition coefficient (Wildman–Crippen LogP) is 5.08. The molecule has 136 valence electrons. The Kier molecular flexibility index (Phi) is 6.74. The summed E-state index contributed by atoms with van der Waals surface area (Å²) in [5.74, 6) is 3.67. The molecule has 0 bridgehead atoms. The van der Waals surface area contributed by atoms with Crippen LogP contribution in [0.3, 0.4) is 0 Å². The van der Waals surface area contributed by atoms with Crippen LogP contribution in [-0.2, 0) is 12.8 Å². The Hall–Kier alpha value is -2.16. The lowest BCUT2D eigenvalue weighted by Crippen LogP contribution is -2.14. The zero-order valence-electron chi connectivity index (χ0n) is 16.3. The Labute approximate surface area is 151 Å². The number of hydrogen-bond acceptors (Lipinski definition) is 3. The van der Waals surface area contributed by atoms with Crippen molar-refractivity contribution in [2.75, 3.05) is 21.3 Å². The molecule has 0 aliphatic rings. The highest BCUT2D eigenvalue weighted by Crippen LogP contribution is 2.30. The fraction of sp³-hybridized carbons (Fsp3) is 0.455. The van der Waals surface area contributed by atoms with Crippen molar-refractivity contribution in [3.05, 3.63) is 53.1 Å². The van der Waals surface area contributed by atoms with Crippen molar-refractivity contribution in [3.8, 4) is 17.2 Å². The van der Waals surface area contributed by atoms with Crippen molar-refractivity contribution in [2.45, 2.75) is 33.6 Å². The third-order valence-electron chi connectivity index (χ3n) is 5.01. The van der Waals surface area contributed by atoms with Gasteiger partial charge in [0.2, 0.25) is 0 Å². The zero-order chi connectivity index (χ0) is 18.4. The number of aryl methyl sites for hydroxylation is 1. The van der Waals surface area contributed by atoms with Gasteiger partial charge in [-0.25, -0.2) is 0 Å². The first-order valence-electron chi connectivity index (χ1n) is 8.82. The van der Waals surface area contributed by atoms with Gasteiger partial charge >= 0.3 is 0 Å². The minimum absolute atomic E-state index is 0.561. The topological polar surface area (TPSA) is 27.7 Å². The highest BCUT2D eigenvalue weighted by molar-refractivity contribution is 5.43. The molecule has 0 unspecified atom stereocenters. The standard InChI is InChI=1S/C22H30O3/c1-15-7-8-18(13-21(15)24-5)11-16(2)17(3)12-19-9-10-20(23-4)22(14-19)25-6/h7-10,13-14,16-17H,11-12H2,1-6H3/t16-,17+/m0/s1. The molecule has 0 spiro atoms. The first-order valence-corrected chi connectivity index (χ1v) is 8.82. The van der Waals surface area contributed by atoms with E-state index in [-0.39, 0.29) is 0 Å². The van der Waals surface area contributed by atoms with Crippen molar-refractivity contribution in [1.29, 1.82) is 0 Å². The molecule has 0 N–H and O–H groups in total. The van der Waals surface area contributed by atoms with E-state index >= 15 is 0 Å². The van der Waals surface area contributed by atoms with Crippen LogP contribution in [0.25, 0.3) is 0 Å². The van der Waals surface area contributed by atoms with Crippen LogP contribution in [0.5, 0.6) is 17.2 Å². The van der Waals surface area contributed by atoms with Gasteiger partial charge in [0, 0.05) is 0 Å². The van der Waals surface area contributed by atoms with Gasteiger partial charge in [0.1, 0.15) is 5.75 Å². The van der Waals surface area contributed by atoms with E-state index in [0.29, 0.717) is 11.8 Å². The Bertz CT molecular complexity index is 694. The molecule has 2 rings (SSSR count). The van der Waals surface area contributed by atoms with Crippen molar-refractivity contribution in [1.82, 2.24) is 0 Å². The van der Waals surface area contributed by atoms with Crippen LogP contribution in [0.2, 0.25) is 0 Å². The lowest BCUT2D eigenvalue weighted by molar-refractivity contribution is 0.352. The van der Waals surface area contributed by atoms with Crippen LogP contribution < -0.4 is 14.2 Å². The summed E-state index contributed by atoms with van der Waals surface area (Å²) in [7, 11) is 5.08. The van der Waals surface area contributed by atoms with Crippen LogP contribution in [0.15, 0.2) is 36.4 Å². The van der Waals surface area contributed by atoms with E-state index < -0.39 is 0 Å². The highest BCUT2D eigenvalue weighted by Gasteiger charge is 2.15. The zero-order valence-corrected chi connectivity index (χ0v) is 16.3. The summed E-state index contributed by atoms with van der Waals surface area (Å²) in [6.45, 7) is 6.70. The summed E-state index contributed by atoms with van der Waals surface area (Å²) in [6.07, 6.45) is 2.07. The van der Waals surface area contributed by atoms with Crippen LogP contribution in [-0.4, -0.2) is 21.3 Å². The first-order chi connectivity index (χ1) is 12.0. The van der Waals surface area contributed by atoms with E-state index in [4.69, 9.17) is 14.2 Å². The van der Waals surface area contributed by atoms with Gasteiger partial charge in [-0.05, 0) is 66.5 Å². The van der Waals surface area contributed by atoms with E-state index in [1.807, 2.05) is 6.07 Å². The summed E-state index contributed by atoms with van der Waals surface area (Å²) in [6, 6.07) is 12.7. The van der Waals surface area contributed by atoms with Crippen LogP contribution >= 0.6 is 0 Å². The molecule has 0 fully saturated rings. The molecule has 3 nitrogen and oxygen atoms in total. The molecule has 3 heteroatoms. The maximum absolute atomic E-state index is 5.44. The number of benzene rings is 2. The Morgan fingerprint density at radius 1 is 0.680 bits per heavy atom. The Morgan fingerprint density at radius 2 is 1.16 bits per heavy atom. The molecule has 0 aliphatic carbocycles. The molecule has 0 heterocycles. The molecule has 0 amide bonds. The summed E-state index contributed by atoms with van der Waals surface area (Å²) < 4.78 is 16.2. The van der Waals surface area contributed by atoms with E-state index in [1.54, 1.807) is 21.3 Å². The third-order valence-corrected chi connectivity index (χ3v) is 5.01. The SMILES string of the molecule is COc1cc(C[C@H](C)[C@H](C)Cc2ccc(OC)c(OC)c2)ccc1C. The normalized spacial score (nSPS) is 13.2. The van der Waals surface area contributed by atoms with Crippen LogP contribution in [0.4, 0.5) is 0 Å². The fourth-order valence-electron chi connectivity index (χ4n) is 3.14. The van der Waals surface area contributed by atoms with Crippen molar-refractivity contribution in [3.63, 3.8) is 0 Å². The third kappa shape index (κ3) is 4.91. The molecule has 0 aliphatic heterocycles. The monoisotopic (exact) mass is 342 g/mol. The molecule has 0 saturated carbocycles. The molecule has 2 aromatic carbocycles. The van der Waals surface area contributed by atoms with Crippen molar-refractivity contribution >= 4 is 0 Å². The van der Waals surface area contributed by atoms with Gasteiger partial charge in [0.25, 0.3) is 0 Å². The van der Waals surface area contributed by atoms with Gasteiger partial charge in [0.15, 0.2) is 11.5 Å². The molecule has 2 aromatic rings. The number of methoxy groups -OCH3 is 3. The molecule has 2 atom stereocenters. The fourth-order valence-corrected chi connectivity index (χ4v) is 3.14. The maximum Gasteiger partial charge on any atom is 0.160 e. The van der Waals surface area contributed by atoms with E-state index in [0.717, 1.165) is 30.1 Å². The molecule has 25 heavy (non-hydrogen) atoms. The molecule has 0 radical (unpaired) electrons. The minimum atomic E-state index is 0.561. The minimum Gasteiger partial charge on any atom is -0.496 e. The van der Waals surface area contributed by atoms with Gasteiger partial charge < -0.3 is 14.2 Å². The Morgan fingerprint density at radius 3 is 1.68 bits per heavy atom. The van der Waals surface area contributed by atoms with E-state index in [2.05, 4.69) is 51.1 Å².